The van der Waals surface area contributed by atoms with Crippen molar-refractivity contribution in [3.05, 3.63) is 0 Å². The molecule has 0 aromatic heterocycles. The number of nitrogens with zero attached hydrogens (tertiary/aromatic N) is 1. The van der Waals surface area contributed by atoms with Gasteiger partial charge >= 0.3 is 0 Å². The fourth-order valence-electron chi connectivity index (χ4n) is 0.974. The standard InChI is InChI=1S/C11H24N2O/c1-10(2,3)13(6)9(14)7-11(4,5)8-12/h7-8,12H2,1-6H3. The molecule has 0 radical (unpaired) electrons. The van der Waals surface area contributed by atoms with Gasteiger partial charge in [-0.1, -0.05) is 13.8 Å². The molecule has 0 unspecified atom stereocenters. The molecule has 0 aliphatic carbocycles. The van der Waals surface area contributed by atoms with Crippen molar-refractivity contribution < 1.29 is 4.79 Å². The molecular formula is C11H24N2O. The van der Waals surface area contributed by atoms with Gasteiger partial charge in [-0.2, -0.15) is 0 Å². The van der Waals surface area contributed by atoms with Crippen LogP contribution >= 0.6 is 0 Å². The number of hydrogen-bond acceptors (Lipinski definition) is 2. The van der Waals surface area contributed by atoms with Crippen LogP contribution in [0.15, 0.2) is 0 Å². The van der Waals surface area contributed by atoms with Crippen molar-refractivity contribution in [2.75, 3.05) is 13.6 Å². The van der Waals surface area contributed by atoms with Gasteiger partial charge in [-0.3, -0.25) is 4.79 Å². The average molecular weight is 200 g/mol. The lowest BCUT2D eigenvalue weighted by Gasteiger charge is -2.34. The summed E-state index contributed by atoms with van der Waals surface area (Å²) in [4.78, 5) is 13.6. The largest absolute Gasteiger partial charge is 0.341 e. The number of carbonyl (C=O) groups excluding carboxylic acids is 1. The van der Waals surface area contributed by atoms with E-state index in [0.29, 0.717) is 13.0 Å². The molecule has 0 aromatic carbocycles. The molecule has 0 rings (SSSR count). The van der Waals surface area contributed by atoms with Gasteiger partial charge in [-0.15, -0.1) is 0 Å². The summed E-state index contributed by atoms with van der Waals surface area (Å²) in [5.41, 5.74) is 5.38. The summed E-state index contributed by atoms with van der Waals surface area (Å²) in [6, 6.07) is 0. The molecule has 0 bridgehead atoms. The number of amides is 1. The second-order valence-electron chi connectivity index (χ2n) is 5.67. The lowest BCUT2D eigenvalue weighted by molar-refractivity contribution is -0.136. The first kappa shape index (κ1) is 13.4. The highest BCUT2D eigenvalue weighted by molar-refractivity contribution is 5.77. The number of rotatable bonds is 3. The molecule has 0 saturated carbocycles. The number of carbonyl (C=O) groups is 1. The number of hydrogen-bond donors (Lipinski definition) is 1. The third kappa shape index (κ3) is 4.09. The summed E-state index contributed by atoms with van der Waals surface area (Å²) < 4.78 is 0. The zero-order chi connectivity index (χ0) is 11.6. The SMILES string of the molecule is CN(C(=O)CC(C)(C)CN)C(C)(C)C. The summed E-state index contributed by atoms with van der Waals surface area (Å²) in [7, 11) is 1.84. The molecular weight excluding hydrogens is 176 g/mol. The first-order valence-corrected chi connectivity index (χ1v) is 5.07. The van der Waals surface area contributed by atoms with E-state index in [0.717, 1.165) is 0 Å². The van der Waals surface area contributed by atoms with Gasteiger partial charge in [0, 0.05) is 19.0 Å². The average Bonchev–Trinajstić information content (AvgIpc) is 2.00. The van der Waals surface area contributed by atoms with Crippen LogP contribution in [0.2, 0.25) is 0 Å². The Balaban J connectivity index is 4.37. The molecule has 0 aliphatic heterocycles. The molecule has 0 fully saturated rings. The second kappa shape index (κ2) is 4.30. The first-order chi connectivity index (χ1) is 6.10. The summed E-state index contributed by atoms with van der Waals surface area (Å²) in [5, 5.41) is 0. The van der Waals surface area contributed by atoms with Crippen LogP contribution in [0.1, 0.15) is 41.0 Å². The van der Waals surface area contributed by atoms with E-state index in [2.05, 4.69) is 0 Å². The van der Waals surface area contributed by atoms with Gasteiger partial charge in [-0.05, 0) is 32.7 Å². The molecule has 0 aromatic rings. The Kier molecular flexibility index (Phi) is 4.13. The van der Waals surface area contributed by atoms with Crippen molar-refractivity contribution in [1.82, 2.24) is 4.90 Å². The third-order valence-electron chi connectivity index (χ3n) is 2.56. The zero-order valence-electron chi connectivity index (χ0n) is 10.3. The maximum Gasteiger partial charge on any atom is 0.223 e. The van der Waals surface area contributed by atoms with Gasteiger partial charge in [0.1, 0.15) is 0 Å². The van der Waals surface area contributed by atoms with E-state index >= 15 is 0 Å². The minimum absolute atomic E-state index is 0.101. The topological polar surface area (TPSA) is 46.3 Å². The van der Waals surface area contributed by atoms with Crippen molar-refractivity contribution in [2.45, 2.75) is 46.6 Å². The van der Waals surface area contributed by atoms with Crippen molar-refractivity contribution in [1.29, 1.82) is 0 Å². The van der Waals surface area contributed by atoms with Gasteiger partial charge in [0.25, 0.3) is 0 Å². The molecule has 1 amide bonds. The summed E-state index contributed by atoms with van der Waals surface area (Å²) in [6.07, 6.45) is 0.511. The van der Waals surface area contributed by atoms with Crippen molar-refractivity contribution in [3.8, 4) is 0 Å². The van der Waals surface area contributed by atoms with Gasteiger partial charge < -0.3 is 10.6 Å². The fourth-order valence-corrected chi connectivity index (χ4v) is 0.974. The van der Waals surface area contributed by atoms with Crippen LogP contribution in [0.4, 0.5) is 0 Å². The molecule has 2 N–H and O–H groups in total. The van der Waals surface area contributed by atoms with E-state index < -0.39 is 0 Å². The quantitative estimate of drug-likeness (QED) is 0.752. The molecule has 0 spiro atoms. The van der Waals surface area contributed by atoms with Crippen LogP contribution < -0.4 is 5.73 Å². The van der Waals surface area contributed by atoms with Gasteiger partial charge in [-0.25, -0.2) is 0 Å². The van der Waals surface area contributed by atoms with Crippen molar-refractivity contribution in [2.24, 2.45) is 11.1 Å². The minimum Gasteiger partial charge on any atom is -0.341 e. The Bertz CT molecular complexity index is 204. The van der Waals surface area contributed by atoms with E-state index in [1.54, 1.807) is 4.90 Å². The van der Waals surface area contributed by atoms with E-state index in [4.69, 9.17) is 5.73 Å². The minimum atomic E-state index is -0.109. The summed E-state index contributed by atoms with van der Waals surface area (Å²) >= 11 is 0. The Morgan fingerprint density at radius 1 is 1.21 bits per heavy atom. The zero-order valence-corrected chi connectivity index (χ0v) is 10.3. The van der Waals surface area contributed by atoms with Gasteiger partial charge in [0.2, 0.25) is 5.91 Å². The monoisotopic (exact) mass is 200 g/mol. The smallest absolute Gasteiger partial charge is 0.223 e. The van der Waals surface area contributed by atoms with E-state index in [-0.39, 0.29) is 16.9 Å². The van der Waals surface area contributed by atoms with E-state index in [1.807, 2.05) is 41.7 Å². The second-order valence-corrected chi connectivity index (χ2v) is 5.67. The van der Waals surface area contributed by atoms with Crippen molar-refractivity contribution >= 4 is 5.91 Å². The molecule has 0 heterocycles. The fraction of sp³-hybridized carbons (Fsp3) is 0.909. The predicted octanol–water partition coefficient (Wildman–Crippen LogP) is 1.62. The molecule has 0 saturated heterocycles. The molecule has 3 heteroatoms. The van der Waals surface area contributed by atoms with Crippen LogP contribution in [0.3, 0.4) is 0 Å². The van der Waals surface area contributed by atoms with Gasteiger partial charge in [0.05, 0.1) is 0 Å². The molecule has 84 valence electrons. The summed E-state index contributed by atoms with van der Waals surface area (Å²) in [5.74, 6) is 0.160. The van der Waals surface area contributed by atoms with Crippen LogP contribution in [0, 0.1) is 5.41 Å². The molecule has 14 heavy (non-hydrogen) atoms. The van der Waals surface area contributed by atoms with Crippen LogP contribution in [0.5, 0.6) is 0 Å². The first-order valence-electron chi connectivity index (χ1n) is 5.07. The van der Waals surface area contributed by atoms with Crippen LogP contribution in [-0.2, 0) is 4.79 Å². The van der Waals surface area contributed by atoms with Crippen LogP contribution in [-0.4, -0.2) is 29.9 Å². The van der Waals surface area contributed by atoms with Crippen molar-refractivity contribution in [3.63, 3.8) is 0 Å². The Hall–Kier alpha value is -0.570. The molecule has 3 nitrogen and oxygen atoms in total. The molecule has 0 atom stereocenters. The normalized spacial score (nSPS) is 12.8. The predicted molar refractivity (Wildman–Crippen MR) is 60.0 cm³/mol. The highest BCUT2D eigenvalue weighted by Crippen LogP contribution is 2.21. The van der Waals surface area contributed by atoms with Crippen LogP contribution in [0.25, 0.3) is 0 Å². The van der Waals surface area contributed by atoms with Gasteiger partial charge in [0.15, 0.2) is 0 Å². The third-order valence-corrected chi connectivity index (χ3v) is 2.56. The maximum absolute atomic E-state index is 11.8. The Labute approximate surface area is 87.6 Å². The molecule has 0 aliphatic rings. The highest BCUT2D eigenvalue weighted by Gasteiger charge is 2.27. The van der Waals surface area contributed by atoms with E-state index in [9.17, 15) is 4.79 Å². The van der Waals surface area contributed by atoms with E-state index in [1.165, 1.54) is 0 Å². The lowest BCUT2D eigenvalue weighted by Crippen LogP contribution is -2.44. The highest BCUT2D eigenvalue weighted by atomic mass is 16.2. The Morgan fingerprint density at radius 2 is 1.64 bits per heavy atom. The number of nitrogens with two attached hydrogens (primary N) is 1. The maximum atomic E-state index is 11.8. The Morgan fingerprint density at radius 3 is 1.93 bits per heavy atom. The summed E-state index contributed by atoms with van der Waals surface area (Å²) in [6.45, 7) is 10.7. The lowest BCUT2D eigenvalue weighted by atomic mass is 9.88.